The maximum absolute atomic E-state index is 12.8. The number of nitrogens with zero attached hydrogens (tertiary/aromatic N) is 1. The standard InChI is InChI=1S/C12H13F3N2O/c1-7-12(18)17(6-10(14)15)11(16-7)8-2-4-9(13)5-3-8/h2-5,7,10-11,16H,6H2,1H3. The Balaban J connectivity index is 2.24. The Morgan fingerprint density at radius 1 is 1.33 bits per heavy atom. The van der Waals surface area contributed by atoms with Gasteiger partial charge in [-0.3, -0.25) is 10.1 Å². The molecule has 1 saturated heterocycles. The van der Waals surface area contributed by atoms with Gasteiger partial charge in [0.25, 0.3) is 6.43 Å². The lowest BCUT2D eigenvalue weighted by atomic mass is 10.1. The van der Waals surface area contributed by atoms with Gasteiger partial charge in [0.15, 0.2) is 0 Å². The Morgan fingerprint density at radius 2 is 1.94 bits per heavy atom. The van der Waals surface area contributed by atoms with Gasteiger partial charge in [0.2, 0.25) is 5.91 Å². The molecule has 0 saturated carbocycles. The van der Waals surface area contributed by atoms with Crippen LogP contribution < -0.4 is 5.32 Å². The van der Waals surface area contributed by atoms with Gasteiger partial charge in [-0.15, -0.1) is 0 Å². The molecule has 1 N–H and O–H groups in total. The van der Waals surface area contributed by atoms with E-state index in [9.17, 15) is 18.0 Å². The van der Waals surface area contributed by atoms with Gasteiger partial charge < -0.3 is 4.90 Å². The minimum absolute atomic E-state index is 0.371. The average Bonchev–Trinajstić information content (AvgIpc) is 2.58. The van der Waals surface area contributed by atoms with E-state index in [4.69, 9.17) is 0 Å². The molecule has 1 aromatic carbocycles. The first-order chi connectivity index (χ1) is 8.49. The van der Waals surface area contributed by atoms with E-state index in [1.807, 2.05) is 0 Å². The Bertz CT molecular complexity index is 435. The molecule has 0 aliphatic carbocycles. The number of carbonyl (C=O) groups excluding carboxylic acids is 1. The Labute approximate surface area is 103 Å². The molecule has 98 valence electrons. The zero-order valence-corrected chi connectivity index (χ0v) is 9.74. The normalized spacial score (nSPS) is 24.1. The molecule has 1 amide bonds. The lowest BCUT2D eigenvalue weighted by Crippen LogP contribution is -2.34. The zero-order valence-electron chi connectivity index (χ0n) is 9.74. The second-order valence-corrected chi connectivity index (χ2v) is 4.22. The topological polar surface area (TPSA) is 32.3 Å². The minimum atomic E-state index is -2.59. The Morgan fingerprint density at radius 3 is 2.50 bits per heavy atom. The molecule has 0 radical (unpaired) electrons. The first-order valence-electron chi connectivity index (χ1n) is 5.59. The van der Waals surface area contributed by atoms with Crippen LogP contribution in [0.1, 0.15) is 18.7 Å². The van der Waals surface area contributed by atoms with Gasteiger partial charge in [-0.05, 0) is 24.6 Å². The van der Waals surface area contributed by atoms with Crippen LogP contribution in [0, 0.1) is 5.82 Å². The summed E-state index contributed by atoms with van der Waals surface area (Å²) in [6.45, 7) is 0.989. The van der Waals surface area contributed by atoms with Crippen LogP contribution in [-0.4, -0.2) is 29.8 Å². The van der Waals surface area contributed by atoms with Crippen LogP contribution >= 0.6 is 0 Å². The number of nitrogens with one attached hydrogen (secondary N) is 1. The fraction of sp³-hybridized carbons (Fsp3) is 0.417. The van der Waals surface area contributed by atoms with Crippen LogP contribution in [0.5, 0.6) is 0 Å². The third-order valence-corrected chi connectivity index (χ3v) is 2.89. The number of carbonyl (C=O) groups is 1. The Hall–Kier alpha value is -1.56. The van der Waals surface area contributed by atoms with E-state index in [0.29, 0.717) is 5.56 Å². The summed E-state index contributed by atoms with van der Waals surface area (Å²) in [5, 5.41) is 2.92. The highest BCUT2D eigenvalue weighted by Crippen LogP contribution is 2.26. The van der Waals surface area contributed by atoms with Crippen LogP contribution in [0.2, 0.25) is 0 Å². The van der Waals surface area contributed by atoms with E-state index in [0.717, 1.165) is 4.90 Å². The molecular formula is C12H13F3N2O. The van der Waals surface area contributed by atoms with Crippen LogP contribution in [-0.2, 0) is 4.79 Å². The van der Waals surface area contributed by atoms with Gasteiger partial charge >= 0.3 is 0 Å². The van der Waals surface area contributed by atoms with E-state index in [1.54, 1.807) is 6.92 Å². The van der Waals surface area contributed by atoms with Crippen molar-refractivity contribution in [2.75, 3.05) is 6.54 Å². The minimum Gasteiger partial charge on any atom is -0.316 e. The number of halogens is 3. The van der Waals surface area contributed by atoms with Gasteiger partial charge in [0, 0.05) is 0 Å². The summed E-state index contributed by atoms with van der Waals surface area (Å²) >= 11 is 0. The predicted octanol–water partition coefficient (Wildman–Crippen LogP) is 1.91. The van der Waals surface area contributed by atoms with Crippen LogP contribution in [0.3, 0.4) is 0 Å². The second-order valence-electron chi connectivity index (χ2n) is 4.22. The summed E-state index contributed by atoms with van der Waals surface area (Å²) in [5.41, 5.74) is 0.592. The largest absolute Gasteiger partial charge is 0.316 e. The fourth-order valence-corrected chi connectivity index (χ4v) is 2.04. The highest BCUT2D eigenvalue weighted by atomic mass is 19.3. The van der Waals surface area contributed by atoms with E-state index in [2.05, 4.69) is 5.32 Å². The van der Waals surface area contributed by atoms with Crippen molar-refractivity contribution < 1.29 is 18.0 Å². The molecule has 0 bridgehead atoms. The number of amides is 1. The molecular weight excluding hydrogens is 245 g/mol. The summed E-state index contributed by atoms with van der Waals surface area (Å²) in [6, 6.07) is 4.93. The van der Waals surface area contributed by atoms with Gasteiger partial charge in [-0.2, -0.15) is 0 Å². The molecule has 0 spiro atoms. The van der Waals surface area contributed by atoms with Crippen molar-refractivity contribution in [2.45, 2.75) is 25.6 Å². The SMILES string of the molecule is CC1NC(c2ccc(F)cc2)N(CC(F)F)C1=O. The van der Waals surface area contributed by atoms with Gasteiger partial charge in [0.05, 0.1) is 12.6 Å². The highest BCUT2D eigenvalue weighted by Gasteiger charge is 2.38. The molecule has 6 heteroatoms. The molecule has 1 aliphatic rings. The first-order valence-corrected chi connectivity index (χ1v) is 5.59. The van der Waals surface area contributed by atoms with Crippen LogP contribution in [0.25, 0.3) is 0 Å². The van der Waals surface area contributed by atoms with E-state index >= 15 is 0 Å². The maximum atomic E-state index is 12.8. The smallest absolute Gasteiger partial charge is 0.255 e. The van der Waals surface area contributed by atoms with Crippen molar-refractivity contribution in [3.8, 4) is 0 Å². The third kappa shape index (κ3) is 2.48. The number of rotatable bonds is 3. The molecule has 1 aromatic rings. The van der Waals surface area contributed by atoms with Crippen LogP contribution in [0.4, 0.5) is 13.2 Å². The van der Waals surface area contributed by atoms with E-state index in [-0.39, 0.29) is 5.91 Å². The average molecular weight is 258 g/mol. The number of alkyl halides is 2. The van der Waals surface area contributed by atoms with E-state index in [1.165, 1.54) is 24.3 Å². The summed E-state index contributed by atoms with van der Waals surface area (Å²) in [7, 11) is 0. The van der Waals surface area contributed by atoms with Crippen molar-refractivity contribution in [3.05, 3.63) is 35.6 Å². The monoisotopic (exact) mass is 258 g/mol. The molecule has 1 heterocycles. The van der Waals surface area contributed by atoms with Crippen molar-refractivity contribution >= 4 is 5.91 Å². The third-order valence-electron chi connectivity index (χ3n) is 2.89. The van der Waals surface area contributed by atoms with Crippen molar-refractivity contribution in [1.82, 2.24) is 10.2 Å². The summed E-state index contributed by atoms with van der Waals surface area (Å²) in [4.78, 5) is 12.8. The molecule has 0 aromatic heterocycles. The van der Waals surface area contributed by atoms with E-state index < -0.39 is 31.0 Å². The second kappa shape index (κ2) is 4.97. The first kappa shape index (κ1) is 12.9. The molecule has 1 fully saturated rings. The number of benzene rings is 1. The van der Waals surface area contributed by atoms with Crippen molar-refractivity contribution in [3.63, 3.8) is 0 Å². The predicted molar refractivity (Wildman–Crippen MR) is 59.5 cm³/mol. The molecule has 1 aliphatic heterocycles. The molecule has 2 atom stereocenters. The summed E-state index contributed by atoms with van der Waals surface area (Å²) in [5.74, 6) is -0.777. The summed E-state index contributed by atoms with van der Waals surface area (Å²) in [6.07, 6.45) is -3.22. The maximum Gasteiger partial charge on any atom is 0.255 e. The molecule has 2 unspecified atom stereocenters. The van der Waals surface area contributed by atoms with Gasteiger partial charge in [-0.25, -0.2) is 13.2 Å². The van der Waals surface area contributed by atoms with Gasteiger partial charge in [-0.1, -0.05) is 12.1 Å². The summed E-state index contributed by atoms with van der Waals surface area (Å²) < 4.78 is 37.7. The number of hydrogen-bond acceptors (Lipinski definition) is 2. The number of hydrogen-bond donors (Lipinski definition) is 1. The molecule has 18 heavy (non-hydrogen) atoms. The van der Waals surface area contributed by atoms with Gasteiger partial charge in [0.1, 0.15) is 12.0 Å². The lowest BCUT2D eigenvalue weighted by molar-refractivity contribution is -0.131. The molecule has 2 rings (SSSR count). The highest BCUT2D eigenvalue weighted by molar-refractivity contribution is 5.84. The van der Waals surface area contributed by atoms with Crippen molar-refractivity contribution in [2.24, 2.45) is 0 Å². The zero-order chi connectivity index (χ0) is 13.3. The lowest BCUT2D eigenvalue weighted by Gasteiger charge is -2.24. The Kier molecular flexibility index (Phi) is 3.56. The quantitative estimate of drug-likeness (QED) is 0.898. The fourth-order valence-electron chi connectivity index (χ4n) is 2.04. The molecule has 3 nitrogen and oxygen atoms in total. The van der Waals surface area contributed by atoms with Crippen LogP contribution in [0.15, 0.2) is 24.3 Å². The van der Waals surface area contributed by atoms with Crippen molar-refractivity contribution in [1.29, 1.82) is 0 Å².